The number of rotatable bonds is 7. The molecule has 0 bridgehead atoms. The van der Waals surface area contributed by atoms with Gasteiger partial charge in [0, 0.05) is 36.4 Å². The van der Waals surface area contributed by atoms with Crippen molar-refractivity contribution in [1.29, 1.82) is 0 Å². The maximum Gasteiger partial charge on any atom is 0.0471 e. The lowest BCUT2D eigenvalue weighted by Crippen LogP contribution is -2.26. The zero-order chi connectivity index (χ0) is 14.4. The van der Waals surface area contributed by atoms with Crippen LogP contribution < -0.4 is 10.2 Å². The highest BCUT2D eigenvalue weighted by molar-refractivity contribution is 6.31. The van der Waals surface area contributed by atoms with Crippen LogP contribution in [0.4, 0.5) is 5.69 Å². The number of nitrogens with zero attached hydrogens (tertiary/aromatic N) is 1. The van der Waals surface area contributed by atoms with Gasteiger partial charge in [-0.1, -0.05) is 37.4 Å². The van der Waals surface area contributed by atoms with E-state index >= 15 is 0 Å². The largest absolute Gasteiger partial charge is 0.374 e. The first kappa shape index (κ1) is 15.7. The topological polar surface area (TPSA) is 15.3 Å². The molecule has 1 fully saturated rings. The Morgan fingerprint density at radius 2 is 2.05 bits per heavy atom. The molecule has 0 aliphatic heterocycles. The molecule has 0 unspecified atom stereocenters. The van der Waals surface area contributed by atoms with Crippen LogP contribution in [0, 0.1) is 5.92 Å². The van der Waals surface area contributed by atoms with Gasteiger partial charge in [-0.05, 0) is 43.9 Å². The van der Waals surface area contributed by atoms with Crippen LogP contribution in [-0.2, 0) is 6.54 Å². The van der Waals surface area contributed by atoms with Crippen LogP contribution in [0.1, 0.15) is 44.6 Å². The molecule has 0 saturated heterocycles. The molecule has 0 amide bonds. The second-order valence-electron chi connectivity index (χ2n) is 5.95. The fraction of sp³-hybridized carbons (Fsp3) is 0.647. The maximum atomic E-state index is 6.40. The van der Waals surface area contributed by atoms with Gasteiger partial charge in [-0.3, -0.25) is 0 Å². The van der Waals surface area contributed by atoms with E-state index in [9.17, 15) is 0 Å². The molecule has 1 aromatic carbocycles. The molecule has 1 aromatic rings. The predicted molar refractivity (Wildman–Crippen MR) is 88.7 cm³/mol. The van der Waals surface area contributed by atoms with Crippen molar-refractivity contribution in [2.75, 3.05) is 25.0 Å². The lowest BCUT2D eigenvalue weighted by Gasteiger charge is -2.26. The minimum atomic E-state index is 0.857. The molecule has 1 aliphatic rings. The van der Waals surface area contributed by atoms with E-state index in [4.69, 9.17) is 11.6 Å². The Morgan fingerprint density at radius 1 is 1.30 bits per heavy atom. The molecular formula is C17H27ClN2. The minimum Gasteiger partial charge on any atom is -0.374 e. The lowest BCUT2D eigenvalue weighted by molar-refractivity contribution is 0.545. The third kappa shape index (κ3) is 4.13. The third-order valence-corrected chi connectivity index (χ3v) is 4.59. The molecule has 2 nitrogen and oxygen atoms in total. The highest BCUT2D eigenvalue weighted by atomic mass is 35.5. The van der Waals surface area contributed by atoms with Gasteiger partial charge in [0.25, 0.3) is 0 Å². The maximum absolute atomic E-state index is 6.40. The Hall–Kier alpha value is -0.730. The summed E-state index contributed by atoms with van der Waals surface area (Å²) >= 11 is 6.40. The van der Waals surface area contributed by atoms with Crippen molar-refractivity contribution in [2.45, 2.75) is 45.6 Å². The summed E-state index contributed by atoms with van der Waals surface area (Å²) in [6.45, 7) is 5.24. The minimum absolute atomic E-state index is 0.857. The summed E-state index contributed by atoms with van der Waals surface area (Å²) in [7, 11) is 2.20. The second kappa shape index (κ2) is 7.90. The first-order chi connectivity index (χ1) is 9.72. The van der Waals surface area contributed by atoms with E-state index in [1.54, 1.807) is 0 Å². The Labute approximate surface area is 128 Å². The molecule has 20 heavy (non-hydrogen) atoms. The van der Waals surface area contributed by atoms with Gasteiger partial charge in [0.2, 0.25) is 0 Å². The highest BCUT2D eigenvalue weighted by Gasteiger charge is 2.18. The first-order valence-electron chi connectivity index (χ1n) is 7.91. The molecule has 112 valence electrons. The summed E-state index contributed by atoms with van der Waals surface area (Å²) in [6, 6.07) is 6.26. The summed E-state index contributed by atoms with van der Waals surface area (Å²) in [5.74, 6) is 0.857. The van der Waals surface area contributed by atoms with Crippen molar-refractivity contribution in [3.63, 3.8) is 0 Å². The molecule has 0 heterocycles. The number of nitrogens with one attached hydrogen (secondary N) is 1. The quantitative estimate of drug-likeness (QED) is 0.747. The summed E-state index contributed by atoms with van der Waals surface area (Å²) < 4.78 is 0. The zero-order valence-corrected chi connectivity index (χ0v) is 13.5. The molecule has 0 radical (unpaired) electrons. The van der Waals surface area contributed by atoms with Gasteiger partial charge in [-0.2, -0.15) is 0 Å². The monoisotopic (exact) mass is 294 g/mol. The van der Waals surface area contributed by atoms with Crippen LogP contribution in [0.15, 0.2) is 18.2 Å². The summed E-state index contributed by atoms with van der Waals surface area (Å²) in [5.41, 5.74) is 2.52. The van der Waals surface area contributed by atoms with Crippen LogP contribution in [-0.4, -0.2) is 20.1 Å². The van der Waals surface area contributed by atoms with Gasteiger partial charge in [0.05, 0.1) is 0 Å². The molecule has 0 atom stereocenters. The van der Waals surface area contributed by atoms with E-state index in [0.717, 1.165) is 37.0 Å². The molecule has 1 saturated carbocycles. The Morgan fingerprint density at radius 3 is 2.75 bits per heavy atom. The normalized spacial score (nSPS) is 15.8. The van der Waals surface area contributed by atoms with E-state index in [1.807, 2.05) is 6.07 Å². The predicted octanol–water partition coefficient (Wildman–Crippen LogP) is 4.47. The number of anilines is 1. The van der Waals surface area contributed by atoms with Crippen LogP contribution in [0.25, 0.3) is 0 Å². The van der Waals surface area contributed by atoms with Crippen LogP contribution >= 0.6 is 11.6 Å². The highest BCUT2D eigenvalue weighted by Crippen LogP contribution is 2.30. The van der Waals surface area contributed by atoms with Gasteiger partial charge < -0.3 is 10.2 Å². The van der Waals surface area contributed by atoms with Gasteiger partial charge in [0.1, 0.15) is 0 Å². The van der Waals surface area contributed by atoms with Crippen molar-refractivity contribution >= 4 is 17.3 Å². The first-order valence-corrected chi connectivity index (χ1v) is 8.29. The van der Waals surface area contributed by atoms with Gasteiger partial charge >= 0.3 is 0 Å². The SMILES string of the molecule is CCCNCc1c(Cl)cccc1N(C)CC1CCCC1. The van der Waals surface area contributed by atoms with E-state index in [1.165, 1.54) is 36.9 Å². The van der Waals surface area contributed by atoms with Crippen molar-refractivity contribution in [1.82, 2.24) is 5.32 Å². The van der Waals surface area contributed by atoms with Crippen molar-refractivity contribution in [3.05, 3.63) is 28.8 Å². The molecular weight excluding hydrogens is 268 g/mol. The lowest BCUT2D eigenvalue weighted by atomic mass is 10.1. The van der Waals surface area contributed by atoms with E-state index in [-0.39, 0.29) is 0 Å². The molecule has 1 N–H and O–H groups in total. The number of benzene rings is 1. The summed E-state index contributed by atoms with van der Waals surface area (Å²) in [4.78, 5) is 2.39. The fourth-order valence-electron chi connectivity index (χ4n) is 3.15. The smallest absolute Gasteiger partial charge is 0.0471 e. The van der Waals surface area contributed by atoms with E-state index < -0.39 is 0 Å². The summed E-state index contributed by atoms with van der Waals surface area (Å²) in [5, 5.41) is 4.35. The van der Waals surface area contributed by atoms with Crippen LogP contribution in [0.5, 0.6) is 0 Å². The third-order valence-electron chi connectivity index (χ3n) is 4.24. The Kier molecular flexibility index (Phi) is 6.18. The fourth-order valence-corrected chi connectivity index (χ4v) is 3.39. The Balaban J connectivity index is 2.06. The van der Waals surface area contributed by atoms with E-state index in [2.05, 4.69) is 36.3 Å². The van der Waals surface area contributed by atoms with Gasteiger partial charge in [0.15, 0.2) is 0 Å². The molecule has 2 rings (SSSR count). The molecule has 0 spiro atoms. The number of hydrogen-bond acceptors (Lipinski definition) is 2. The van der Waals surface area contributed by atoms with E-state index in [0.29, 0.717) is 0 Å². The average Bonchev–Trinajstić information content (AvgIpc) is 2.93. The number of halogens is 1. The second-order valence-corrected chi connectivity index (χ2v) is 6.35. The standard InChI is InChI=1S/C17H27ClN2/c1-3-11-19-12-15-16(18)9-6-10-17(15)20(2)13-14-7-4-5-8-14/h6,9-10,14,19H,3-5,7-8,11-13H2,1-2H3. The van der Waals surface area contributed by atoms with Crippen molar-refractivity contribution < 1.29 is 0 Å². The van der Waals surface area contributed by atoms with Crippen molar-refractivity contribution in [3.8, 4) is 0 Å². The van der Waals surface area contributed by atoms with Gasteiger partial charge in [-0.25, -0.2) is 0 Å². The van der Waals surface area contributed by atoms with Crippen LogP contribution in [0.3, 0.4) is 0 Å². The molecule has 0 aromatic heterocycles. The molecule has 3 heteroatoms. The van der Waals surface area contributed by atoms with Gasteiger partial charge in [-0.15, -0.1) is 0 Å². The Bertz CT molecular complexity index is 413. The van der Waals surface area contributed by atoms with Crippen molar-refractivity contribution in [2.24, 2.45) is 5.92 Å². The summed E-state index contributed by atoms with van der Waals surface area (Å²) in [6.07, 6.45) is 6.72. The number of hydrogen-bond donors (Lipinski definition) is 1. The molecule has 1 aliphatic carbocycles. The van der Waals surface area contributed by atoms with Crippen LogP contribution in [0.2, 0.25) is 5.02 Å². The zero-order valence-electron chi connectivity index (χ0n) is 12.8. The average molecular weight is 295 g/mol.